The van der Waals surface area contributed by atoms with Gasteiger partial charge < -0.3 is 0 Å². The van der Waals surface area contributed by atoms with Crippen LogP contribution >= 0.6 is 23.1 Å². The van der Waals surface area contributed by atoms with Crippen LogP contribution in [0.15, 0.2) is 57.7 Å². The van der Waals surface area contributed by atoms with Crippen molar-refractivity contribution in [2.24, 2.45) is 0 Å². The van der Waals surface area contributed by atoms with Gasteiger partial charge in [0, 0.05) is 5.56 Å². The molecule has 2 aromatic heterocycles. The predicted molar refractivity (Wildman–Crippen MR) is 116 cm³/mol. The molecule has 0 saturated heterocycles. The lowest BCUT2D eigenvalue weighted by molar-refractivity contribution is 0.102. The van der Waals surface area contributed by atoms with E-state index in [2.05, 4.69) is 20.5 Å². The van der Waals surface area contributed by atoms with Gasteiger partial charge in [0.05, 0.1) is 16.6 Å². The Morgan fingerprint density at radius 1 is 1.14 bits per heavy atom. The number of benzene rings is 2. The fraction of sp³-hybridized carbons (Fsp3) is 0.150. The van der Waals surface area contributed by atoms with Gasteiger partial charge in [-0.05, 0) is 49.1 Å². The topological polar surface area (TPSA) is 89.8 Å². The van der Waals surface area contributed by atoms with E-state index in [1.165, 1.54) is 11.3 Å². The van der Waals surface area contributed by atoms with Crippen LogP contribution in [-0.2, 0) is 0 Å². The summed E-state index contributed by atoms with van der Waals surface area (Å²) in [4.78, 5) is 29.9. The Balaban J connectivity index is 1.60. The fourth-order valence-corrected chi connectivity index (χ4v) is 4.57. The molecular weight excluding hydrogens is 406 g/mol. The van der Waals surface area contributed by atoms with Crippen LogP contribution in [0.4, 0.5) is 5.13 Å². The van der Waals surface area contributed by atoms with E-state index >= 15 is 0 Å². The molecule has 2 aromatic carbocycles. The lowest BCUT2D eigenvalue weighted by atomic mass is 10.2. The number of carbonyl (C=O) groups is 1. The predicted octanol–water partition coefficient (Wildman–Crippen LogP) is 3.91. The zero-order valence-electron chi connectivity index (χ0n) is 15.7. The van der Waals surface area contributed by atoms with Gasteiger partial charge in [-0.1, -0.05) is 42.2 Å². The number of hydrogen-bond donors (Lipinski definition) is 1. The van der Waals surface area contributed by atoms with Crippen molar-refractivity contribution >= 4 is 45.0 Å². The van der Waals surface area contributed by atoms with Crippen LogP contribution in [0, 0.1) is 6.92 Å². The highest BCUT2D eigenvalue weighted by molar-refractivity contribution is 8.01. The molecule has 2 heterocycles. The number of para-hydroxylation sites is 1. The molecule has 9 heteroatoms. The highest BCUT2D eigenvalue weighted by Crippen LogP contribution is 2.25. The summed E-state index contributed by atoms with van der Waals surface area (Å²) in [5.74, 6) is 1.20. The number of rotatable bonds is 5. The minimum atomic E-state index is -0.276. The third-order valence-corrected chi connectivity index (χ3v) is 6.08. The molecule has 0 fully saturated rings. The Morgan fingerprint density at radius 3 is 2.66 bits per heavy atom. The van der Waals surface area contributed by atoms with E-state index in [-0.39, 0.29) is 11.5 Å². The maximum absolute atomic E-state index is 12.9. The number of carbonyl (C=O) groups excluding carboxylic acids is 1. The number of hydrogen-bond acceptors (Lipinski definition) is 7. The van der Waals surface area contributed by atoms with Gasteiger partial charge in [-0.3, -0.25) is 19.5 Å². The van der Waals surface area contributed by atoms with Crippen molar-refractivity contribution in [2.45, 2.75) is 18.2 Å². The molecule has 4 aromatic rings. The first-order valence-electron chi connectivity index (χ1n) is 8.93. The van der Waals surface area contributed by atoms with Crippen LogP contribution in [-0.4, -0.2) is 31.4 Å². The van der Waals surface area contributed by atoms with Crippen molar-refractivity contribution in [2.75, 3.05) is 11.1 Å². The summed E-state index contributed by atoms with van der Waals surface area (Å²) in [6.45, 7) is 3.82. The van der Waals surface area contributed by atoms with Gasteiger partial charge in [0.15, 0.2) is 4.34 Å². The van der Waals surface area contributed by atoms with Crippen molar-refractivity contribution in [3.05, 3.63) is 70.3 Å². The third kappa shape index (κ3) is 3.92. The summed E-state index contributed by atoms with van der Waals surface area (Å²) in [5.41, 5.74) is 1.65. The van der Waals surface area contributed by atoms with Crippen LogP contribution in [0.5, 0.6) is 0 Å². The summed E-state index contributed by atoms with van der Waals surface area (Å²) in [6, 6.07) is 14.1. The zero-order valence-corrected chi connectivity index (χ0v) is 17.4. The first kappa shape index (κ1) is 19.3. The monoisotopic (exact) mass is 423 g/mol. The van der Waals surface area contributed by atoms with Crippen molar-refractivity contribution in [1.29, 1.82) is 0 Å². The first-order valence-corrected chi connectivity index (χ1v) is 10.7. The number of nitrogens with zero attached hydrogens (tertiary/aromatic N) is 4. The molecule has 146 valence electrons. The summed E-state index contributed by atoms with van der Waals surface area (Å²) in [6.07, 6.45) is 0. The maximum Gasteiger partial charge on any atom is 0.265 e. The van der Waals surface area contributed by atoms with Gasteiger partial charge in [-0.2, -0.15) is 0 Å². The standard InChI is InChI=1S/C20H17N5O2S2/c1-3-28-20-24-23-19(29-20)22-17(26)13-8-10-14(11-9-13)25-12(2)21-16-7-5-4-6-15(16)18(25)27/h4-11H,3H2,1-2H3,(H,22,23,26). The Bertz CT molecular complexity index is 1250. The smallest absolute Gasteiger partial charge is 0.265 e. The first-order chi connectivity index (χ1) is 14.1. The largest absolute Gasteiger partial charge is 0.296 e. The quantitative estimate of drug-likeness (QED) is 0.387. The number of nitrogens with one attached hydrogen (secondary N) is 1. The van der Waals surface area contributed by atoms with Gasteiger partial charge in [0.2, 0.25) is 5.13 Å². The molecule has 0 bridgehead atoms. The summed E-state index contributed by atoms with van der Waals surface area (Å²) >= 11 is 2.92. The molecule has 29 heavy (non-hydrogen) atoms. The van der Waals surface area contributed by atoms with Crippen LogP contribution in [0.3, 0.4) is 0 Å². The Hall–Kier alpha value is -3.04. The van der Waals surface area contributed by atoms with Gasteiger partial charge in [-0.25, -0.2) is 4.98 Å². The minimum absolute atomic E-state index is 0.139. The second kappa shape index (κ2) is 8.14. The van der Waals surface area contributed by atoms with Crippen LogP contribution in [0.2, 0.25) is 0 Å². The second-order valence-corrected chi connectivity index (χ2v) is 8.61. The number of thioether (sulfide) groups is 1. The molecule has 7 nitrogen and oxygen atoms in total. The van der Waals surface area contributed by atoms with E-state index in [1.807, 2.05) is 25.1 Å². The number of anilines is 1. The SMILES string of the molecule is CCSc1nnc(NC(=O)c2ccc(-n3c(C)nc4ccccc4c3=O)cc2)s1. The third-order valence-electron chi connectivity index (χ3n) is 4.23. The van der Waals surface area contributed by atoms with Crippen molar-refractivity contribution in [1.82, 2.24) is 19.7 Å². The molecule has 0 aliphatic rings. The average molecular weight is 424 g/mol. The molecule has 0 radical (unpaired) electrons. The van der Waals surface area contributed by atoms with Gasteiger partial charge in [-0.15, -0.1) is 10.2 Å². The van der Waals surface area contributed by atoms with Gasteiger partial charge >= 0.3 is 0 Å². The summed E-state index contributed by atoms with van der Waals surface area (Å²) in [5, 5.41) is 11.8. The number of aromatic nitrogens is 4. The molecule has 0 atom stereocenters. The average Bonchev–Trinajstić information content (AvgIpc) is 3.15. The molecular formula is C20H17N5O2S2. The molecule has 1 amide bonds. The number of amides is 1. The number of aryl methyl sites for hydroxylation is 1. The fourth-order valence-electron chi connectivity index (χ4n) is 2.92. The molecule has 0 aliphatic carbocycles. The molecule has 0 unspecified atom stereocenters. The van der Waals surface area contributed by atoms with Gasteiger partial charge in [0.1, 0.15) is 5.82 Å². The van der Waals surface area contributed by atoms with Gasteiger partial charge in [0.25, 0.3) is 11.5 Å². The van der Waals surface area contributed by atoms with E-state index in [4.69, 9.17) is 0 Å². The van der Waals surface area contributed by atoms with E-state index in [0.717, 1.165) is 10.1 Å². The van der Waals surface area contributed by atoms with Crippen molar-refractivity contribution in [3.63, 3.8) is 0 Å². The second-order valence-electron chi connectivity index (χ2n) is 6.12. The lowest BCUT2D eigenvalue weighted by Gasteiger charge is -2.11. The van der Waals surface area contributed by atoms with E-state index < -0.39 is 0 Å². The van der Waals surface area contributed by atoms with Crippen molar-refractivity contribution in [3.8, 4) is 5.69 Å². The molecule has 0 aliphatic heterocycles. The van der Waals surface area contributed by atoms with Crippen molar-refractivity contribution < 1.29 is 4.79 Å². The van der Waals surface area contributed by atoms with Crippen LogP contribution in [0.25, 0.3) is 16.6 Å². The Morgan fingerprint density at radius 2 is 1.90 bits per heavy atom. The zero-order chi connectivity index (χ0) is 20.4. The Labute approximate surface area is 174 Å². The Kier molecular flexibility index (Phi) is 5.41. The minimum Gasteiger partial charge on any atom is -0.296 e. The van der Waals surface area contributed by atoms with Crippen LogP contribution < -0.4 is 10.9 Å². The maximum atomic E-state index is 12.9. The lowest BCUT2D eigenvalue weighted by Crippen LogP contribution is -2.22. The molecule has 4 rings (SSSR count). The number of fused-ring (bicyclic) bond motifs is 1. The van der Waals surface area contributed by atoms with E-state index in [1.54, 1.807) is 53.6 Å². The van der Waals surface area contributed by atoms with E-state index in [9.17, 15) is 9.59 Å². The molecule has 1 N–H and O–H groups in total. The molecule has 0 spiro atoms. The van der Waals surface area contributed by atoms with Crippen LogP contribution in [0.1, 0.15) is 23.1 Å². The normalized spacial score (nSPS) is 11.0. The highest BCUT2D eigenvalue weighted by atomic mass is 32.2. The highest BCUT2D eigenvalue weighted by Gasteiger charge is 2.13. The summed E-state index contributed by atoms with van der Waals surface area (Å²) in [7, 11) is 0. The van der Waals surface area contributed by atoms with E-state index in [0.29, 0.717) is 33.1 Å². The molecule has 0 saturated carbocycles. The summed E-state index contributed by atoms with van der Waals surface area (Å²) < 4.78 is 2.36.